The Kier molecular flexibility index (Phi) is 7.48. The molecule has 2 atom stereocenters. The summed E-state index contributed by atoms with van der Waals surface area (Å²) >= 11 is 0. The van der Waals surface area contributed by atoms with Crippen molar-refractivity contribution in [2.45, 2.75) is 31.0 Å². The number of ether oxygens (including phenoxy) is 2. The summed E-state index contributed by atoms with van der Waals surface area (Å²) in [5.74, 6) is 0.114. The summed E-state index contributed by atoms with van der Waals surface area (Å²) in [6.45, 7) is 0.248. The highest BCUT2D eigenvalue weighted by Gasteiger charge is 2.32. The standard InChI is InChI=1S/C22H24F4N2O3/c1-30-21(29)16-5-9-20(27-12-16)28-13-17(4-8-19(28)14-31-11-10-23)15-2-6-18(7-3-15)22(24,25)26/h2-3,5-7,9,12,17,19H,4,8,10-11,13-14H2,1H3/t17?,19-/m0/s1. The van der Waals surface area contributed by atoms with Gasteiger partial charge in [-0.3, -0.25) is 0 Å². The molecule has 0 aliphatic carbocycles. The van der Waals surface area contributed by atoms with Crippen molar-refractivity contribution in [1.82, 2.24) is 4.98 Å². The lowest BCUT2D eigenvalue weighted by molar-refractivity contribution is -0.137. The van der Waals surface area contributed by atoms with Gasteiger partial charge in [-0.2, -0.15) is 13.2 Å². The van der Waals surface area contributed by atoms with Crippen LogP contribution in [0.5, 0.6) is 0 Å². The van der Waals surface area contributed by atoms with Crippen LogP contribution in [0.3, 0.4) is 0 Å². The third kappa shape index (κ3) is 5.72. The maximum Gasteiger partial charge on any atom is 0.416 e. The zero-order valence-electron chi connectivity index (χ0n) is 17.1. The summed E-state index contributed by atoms with van der Waals surface area (Å²) in [5.41, 5.74) is 0.446. The highest BCUT2D eigenvalue weighted by Crippen LogP contribution is 2.35. The molecule has 1 saturated heterocycles. The molecular formula is C22H24F4N2O3. The van der Waals surface area contributed by atoms with Crippen LogP contribution in [0.1, 0.15) is 40.2 Å². The molecule has 1 aliphatic heterocycles. The van der Waals surface area contributed by atoms with Gasteiger partial charge in [0.05, 0.1) is 37.5 Å². The first-order chi connectivity index (χ1) is 14.8. The second-order valence-corrected chi connectivity index (χ2v) is 7.36. The van der Waals surface area contributed by atoms with Crippen molar-refractivity contribution in [3.05, 3.63) is 59.3 Å². The van der Waals surface area contributed by atoms with E-state index in [1.54, 1.807) is 12.1 Å². The van der Waals surface area contributed by atoms with Gasteiger partial charge in [-0.1, -0.05) is 12.1 Å². The van der Waals surface area contributed by atoms with Crippen LogP contribution < -0.4 is 4.90 Å². The number of hydrogen-bond acceptors (Lipinski definition) is 5. The van der Waals surface area contributed by atoms with Gasteiger partial charge in [0.1, 0.15) is 12.5 Å². The molecule has 1 aliphatic rings. The fraction of sp³-hybridized carbons (Fsp3) is 0.455. The van der Waals surface area contributed by atoms with Crippen molar-refractivity contribution >= 4 is 11.8 Å². The van der Waals surface area contributed by atoms with E-state index in [1.807, 2.05) is 4.90 Å². The third-order valence-electron chi connectivity index (χ3n) is 5.41. The predicted molar refractivity (Wildman–Crippen MR) is 107 cm³/mol. The fourth-order valence-corrected chi connectivity index (χ4v) is 3.77. The zero-order valence-corrected chi connectivity index (χ0v) is 17.1. The van der Waals surface area contributed by atoms with Gasteiger partial charge in [-0.15, -0.1) is 0 Å². The van der Waals surface area contributed by atoms with E-state index in [-0.39, 0.29) is 18.6 Å². The van der Waals surface area contributed by atoms with Gasteiger partial charge < -0.3 is 14.4 Å². The lowest BCUT2D eigenvalue weighted by atomic mass is 9.87. The lowest BCUT2D eigenvalue weighted by Gasteiger charge is -2.40. The first-order valence-electron chi connectivity index (χ1n) is 9.95. The van der Waals surface area contributed by atoms with E-state index in [2.05, 4.69) is 9.72 Å². The summed E-state index contributed by atoms with van der Waals surface area (Å²) in [4.78, 5) is 18.0. The predicted octanol–water partition coefficient (Wildman–Crippen LogP) is 4.63. The average Bonchev–Trinajstić information content (AvgIpc) is 2.78. The van der Waals surface area contributed by atoms with Gasteiger partial charge in [0.25, 0.3) is 0 Å². The van der Waals surface area contributed by atoms with Gasteiger partial charge in [-0.05, 0) is 42.7 Å². The number of benzene rings is 1. The smallest absolute Gasteiger partial charge is 0.416 e. The Labute approximate surface area is 178 Å². The molecular weight excluding hydrogens is 416 g/mol. The Morgan fingerprint density at radius 2 is 1.90 bits per heavy atom. The fourth-order valence-electron chi connectivity index (χ4n) is 3.77. The minimum Gasteiger partial charge on any atom is -0.465 e. The van der Waals surface area contributed by atoms with E-state index >= 15 is 0 Å². The summed E-state index contributed by atoms with van der Waals surface area (Å²) in [5, 5.41) is 0. The number of aromatic nitrogens is 1. The molecule has 0 spiro atoms. The lowest BCUT2D eigenvalue weighted by Crippen LogP contribution is -2.46. The molecule has 9 heteroatoms. The van der Waals surface area contributed by atoms with Gasteiger partial charge in [-0.25, -0.2) is 14.2 Å². The second-order valence-electron chi connectivity index (χ2n) is 7.36. The van der Waals surface area contributed by atoms with Crippen molar-refractivity contribution in [3.63, 3.8) is 0 Å². The largest absolute Gasteiger partial charge is 0.465 e. The van der Waals surface area contributed by atoms with Crippen LogP contribution in [-0.2, 0) is 15.7 Å². The van der Waals surface area contributed by atoms with Crippen molar-refractivity contribution in [2.24, 2.45) is 0 Å². The van der Waals surface area contributed by atoms with Crippen LogP contribution in [0.2, 0.25) is 0 Å². The number of hydrogen-bond donors (Lipinski definition) is 0. The molecule has 2 aromatic rings. The summed E-state index contributed by atoms with van der Waals surface area (Å²) < 4.78 is 61.1. The molecule has 2 heterocycles. The topological polar surface area (TPSA) is 51.7 Å². The van der Waals surface area contributed by atoms with E-state index in [0.29, 0.717) is 31.0 Å². The van der Waals surface area contributed by atoms with Crippen molar-refractivity contribution in [2.75, 3.05) is 38.4 Å². The quantitative estimate of drug-likeness (QED) is 0.357. The monoisotopic (exact) mass is 440 g/mol. The molecule has 0 radical (unpaired) electrons. The maximum atomic E-state index is 12.9. The molecule has 1 aromatic heterocycles. The minimum atomic E-state index is -4.37. The molecule has 0 bridgehead atoms. The molecule has 31 heavy (non-hydrogen) atoms. The van der Waals surface area contributed by atoms with E-state index in [4.69, 9.17) is 4.74 Å². The number of rotatable bonds is 7. The van der Waals surface area contributed by atoms with Crippen molar-refractivity contribution in [1.29, 1.82) is 0 Å². The van der Waals surface area contributed by atoms with Crippen molar-refractivity contribution < 1.29 is 31.8 Å². The highest BCUT2D eigenvalue weighted by molar-refractivity contribution is 5.89. The summed E-state index contributed by atoms with van der Waals surface area (Å²) in [6.07, 6.45) is -1.49. The van der Waals surface area contributed by atoms with Gasteiger partial charge in [0.2, 0.25) is 0 Å². The number of nitrogens with zero attached hydrogens (tertiary/aromatic N) is 2. The normalized spacial score (nSPS) is 19.3. The SMILES string of the molecule is COC(=O)c1ccc(N2CC(c3ccc(C(F)(F)F)cc3)CC[C@H]2COCCF)nc1. The molecule has 0 saturated carbocycles. The Hall–Kier alpha value is -2.68. The number of piperidine rings is 1. The second kappa shape index (κ2) is 10.1. The molecule has 1 fully saturated rings. The van der Waals surface area contributed by atoms with Crippen LogP contribution in [0, 0.1) is 0 Å². The van der Waals surface area contributed by atoms with E-state index in [9.17, 15) is 22.4 Å². The number of alkyl halides is 4. The molecule has 5 nitrogen and oxygen atoms in total. The summed E-state index contributed by atoms with van der Waals surface area (Å²) in [7, 11) is 1.29. The molecule has 1 aromatic carbocycles. The number of carbonyl (C=O) groups excluding carboxylic acids is 1. The first-order valence-corrected chi connectivity index (χ1v) is 9.95. The van der Waals surface area contributed by atoms with Crippen LogP contribution >= 0.6 is 0 Å². The first kappa shape index (κ1) is 23.0. The van der Waals surface area contributed by atoms with E-state index < -0.39 is 24.4 Å². The number of esters is 1. The Morgan fingerprint density at radius 1 is 1.16 bits per heavy atom. The molecule has 0 N–H and O–H groups in total. The average molecular weight is 440 g/mol. The van der Waals surface area contributed by atoms with Gasteiger partial charge in [0.15, 0.2) is 0 Å². The third-order valence-corrected chi connectivity index (χ3v) is 5.41. The van der Waals surface area contributed by atoms with E-state index in [1.165, 1.54) is 25.4 Å². The van der Waals surface area contributed by atoms with Gasteiger partial charge in [0, 0.05) is 18.7 Å². The van der Waals surface area contributed by atoms with Crippen LogP contribution in [-0.4, -0.2) is 50.5 Å². The number of carbonyl (C=O) groups is 1. The van der Waals surface area contributed by atoms with Crippen LogP contribution in [0.4, 0.5) is 23.4 Å². The zero-order chi connectivity index (χ0) is 22.4. The van der Waals surface area contributed by atoms with E-state index in [0.717, 1.165) is 24.1 Å². The van der Waals surface area contributed by atoms with Crippen LogP contribution in [0.15, 0.2) is 42.6 Å². The maximum absolute atomic E-state index is 12.9. The highest BCUT2D eigenvalue weighted by atomic mass is 19.4. The Morgan fingerprint density at radius 3 is 2.48 bits per heavy atom. The molecule has 3 rings (SSSR count). The van der Waals surface area contributed by atoms with Gasteiger partial charge >= 0.3 is 12.1 Å². The van der Waals surface area contributed by atoms with Crippen LogP contribution in [0.25, 0.3) is 0 Å². The molecule has 0 amide bonds. The Balaban J connectivity index is 1.80. The molecule has 168 valence electrons. The number of pyridine rings is 1. The minimum absolute atomic E-state index is 0.00137. The molecule has 1 unspecified atom stereocenters. The van der Waals surface area contributed by atoms with Crippen molar-refractivity contribution in [3.8, 4) is 0 Å². The number of halogens is 4. The number of methoxy groups -OCH3 is 1. The Bertz CT molecular complexity index is 857. The number of anilines is 1. The summed E-state index contributed by atoms with van der Waals surface area (Å²) in [6, 6.07) is 8.46.